The summed E-state index contributed by atoms with van der Waals surface area (Å²) in [6.45, 7) is 3.65. The van der Waals surface area contributed by atoms with E-state index in [-0.39, 0.29) is 44.9 Å². The number of carbonyl (C=O) groups excluding carboxylic acids is 1. The van der Waals surface area contributed by atoms with Gasteiger partial charge in [-0.25, -0.2) is 4.39 Å². The van der Waals surface area contributed by atoms with Gasteiger partial charge in [-0.2, -0.15) is 18.3 Å². The number of nitrogens with zero attached hydrogens (tertiary/aromatic N) is 4. The van der Waals surface area contributed by atoms with Gasteiger partial charge in [0.15, 0.2) is 0 Å². The van der Waals surface area contributed by atoms with Crippen molar-refractivity contribution in [3.8, 4) is 0 Å². The molecule has 1 aromatic heterocycles. The number of aryl methyl sites for hydroxylation is 1. The van der Waals surface area contributed by atoms with Crippen LogP contribution in [0.3, 0.4) is 0 Å². The first-order valence-corrected chi connectivity index (χ1v) is 11.1. The number of carbonyl (C=O) groups is 1. The summed E-state index contributed by atoms with van der Waals surface area (Å²) >= 11 is 5.84. The summed E-state index contributed by atoms with van der Waals surface area (Å²) in [5.41, 5.74) is 3.24. The van der Waals surface area contributed by atoms with Gasteiger partial charge in [-0.1, -0.05) is 17.7 Å². The average Bonchev–Trinajstić information content (AvgIpc) is 3.04. The highest BCUT2D eigenvalue weighted by atomic mass is 35.5. The van der Waals surface area contributed by atoms with Crippen molar-refractivity contribution < 1.29 is 22.4 Å². The van der Waals surface area contributed by atoms with Crippen molar-refractivity contribution in [3.05, 3.63) is 51.6 Å². The van der Waals surface area contributed by atoms with Crippen LogP contribution in [0.4, 0.5) is 17.6 Å². The van der Waals surface area contributed by atoms with E-state index in [1.807, 2.05) is 6.92 Å². The number of hydrogen-bond donors (Lipinski definition) is 0. The van der Waals surface area contributed by atoms with Crippen LogP contribution in [0.15, 0.2) is 18.2 Å². The fraction of sp³-hybridized carbons (Fsp3) is 0.545. The Hall–Kier alpha value is -2.13. The van der Waals surface area contributed by atoms with Gasteiger partial charge in [0.25, 0.3) is 0 Å². The fourth-order valence-corrected chi connectivity index (χ4v) is 4.70. The second-order valence-corrected chi connectivity index (χ2v) is 9.00. The van der Waals surface area contributed by atoms with Gasteiger partial charge in [0.1, 0.15) is 5.82 Å². The number of aromatic nitrogens is 2. The normalized spacial score (nSPS) is 18.1. The zero-order chi connectivity index (χ0) is 23.0. The Morgan fingerprint density at radius 2 is 1.94 bits per heavy atom. The van der Waals surface area contributed by atoms with E-state index in [0.29, 0.717) is 30.1 Å². The molecule has 2 aliphatic rings. The van der Waals surface area contributed by atoms with Crippen LogP contribution in [0, 0.1) is 18.7 Å². The Morgan fingerprint density at radius 1 is 1.22 bits per heavy atom. The first-order valence-electron chi connectivity index (χ1n) is 10.7. The van der Waals surface area contributed by atoms with Crippen LogP contribution >= 0.6 is 11.6 Å². The molecule has 32 heavy (non-hydrogen) atoms. The molecule has 0 radical (unpaired) electrons. The van der Waals surface area contributed by atoms with Gasteiger partial charge in [0.05, 0.1) is 36.9 Å². The molecule has 0 atom stereocenters. The third kappa shape index (κ3) is 4.93. The standard InChI is InChI=1S/C22H25ClF4N4O/c1-14-18-6-9-30(21(32)13-29-7-4-16(5-8-29)22(25,26)27)12-20(18)31(28-14)11-15-2-3-17(23)10-19(15)24/h2-3,10,16H,4-9,11-13H2,1H3. The van der Waals surface area contributed by atoms with Crippen LogP contribution in [0.2, 0.25) is 5.02 Å². The van der Waals surface area contributed by atoms with Crippen molar-refractivity contribution >= 4 is 17.5 Å². The summed E-state index contributed by atoms with van der Waals surface area (Å²) in [6.07, 6.45) is -3.47. The molecular weight excluding hydrogens is 448 g/mol. The maximum atomic E-state index is 14.3. The topological polar surface area (TPSA) is 41.4 Å². The van der Waals surface area contributed by atoms with E-state index in [1.165, 1.54) is 6.07 Å². The SMILES string of the molecule is Cc1nn(Cc2ccc(Cl)cc2F)c2c1CCN(C(=O)CN1CCC(C(F)(F)F)CC1)C2. The summed E-state index contributed by atoms with van der Waals surface area (Å²) in [5, 5.41) is 4.87. The molecule has 1 saturated heterocycles. The van der Waals surface area contributed by atoms with E-state index in [4.69, 9.17) is 11.6 Å². The van der Waals surface area contributed by atoms with Gasteiger partial charge in [0.2, 0.25) is 5.91 Å². The van der Waals surface area contributed by atoms with Crippen molar-refractivity contribution in [2.45, 2.75) is 45.5 Å². The van der Waals surface area contributed by atoms with Crippen molar-refractivity contribution in [3.63, 3.8) is 0 Å². The Labute approximate surface area is 188 Å². The molecule has 3 heterocycles. The minimum absolute atomic E-state index is 0.0273. The number of fused-ring (bicyclic) bond motifs is 1. The summed E-state index contributed by atoms with van der Waals surface area (Å²) in [7, 11) is 0. The largest absolute Gasteiger partial charge is 0.391 e. The molecule has 174 valence electrons. The van der Waals surface area contributed by atoms with E-state index in [2.05, 4.69) is 5.10 Å². The van der Waals surface area contributed by atoms with Crippen LogP contribution in [0.1, 0.15) is 35.4 Å². The van der Waals surface area contributed by atoms with Crippen LogP contribution in [0.25, 0.3) is 0 Å². The zero-order valence-corrected chi connectivity index (χ0v) is 18.5. The highest BCUT2D eigenvalue weighted by Gasteiger charge is 2.41. The molecule has 4 rings (SSSR count). The Kier molecular flexibility index (Phi) is 6.49. The summed E-state index contributed by atoms with van der Waals surface area (Å²) in [4.78, 5) is 16.4. The van der Waals surface area contributed by atoms with E-state index in [9.17, 15) is 22.4 Å². The molecule has 10 heteroatoms. The minimum Gasteiger partial charge on any atom is -0.335 e. The van der Waals surface area contributed by atoms with Crippen molar-refractivity contribution in [1.82, 2.24) is 19.6 Å². The predicted molar refractivity (Wildman–Crippen MR) is 112 cm³/mol. The number of rotatable bonds is 4. The van der Waals surface area contributed by atoms with E-state index >= 15 is 0 Å². The lowest BCUT2D eigenvalue weighted by Gasteiger charge is -2.34. The van der Waals surface area contributed by atoms with Crippen LogP contribution in [-0.4, -0.2) is 57.8 Å². The monoisotopic (exact) mass is 472 g/mol. The molecule has 0 bridgehead atoms. The summed E-state index contributed by atoms with van der Waals surface area (Å²) in [5.74, 6) is -1.80. The molecule has 1 amide bonds. The first kappa shape index (κ1) is 23.0. The number of hydrogen-bond acceptors (Lipinski definition) is 3. The molecule has 2 aromatic rings. The summed E-state index contributed by atoms with van der Waals surface area (Å²) < 4.78 is 54.6. The second kappa shape index (κ2) is 9.02. The Morgan fingerprint density at radius 3 is 2.59 bits per heavy atom. The highest BCUT2D eigenvalue weighted by molar-refractivity contribution is 6.30. The minimum atomic E-state index is -4.17. The van der Waals surface area contributed by atoms with Crippen molar-refractivity contribution in [1.29, 1.82) is 0 Å². The fourth-order valence-electron chi connectivity index (χ4n) is 4.54. The third-order valence-electron chi connectivity index (χ3n) is 6.44. The lowest BCUT2D eigenvalue weighted by molar-refractivity contribution is -0.185. The van der Waals surface area contributed by atoms with Crippen LogP contribution in [0.5, 0.6) is 0 Å². The Bertz CT molecular complexity index is 999. The first-order chi connectivity index (χ1) is 15.1. The third-order valence-corrected chi connectivity index (χ3v) is 6.67. The number of halogens is 5. The molecule has 0 saturated carbocycles. The molecular formula is C22H25ClF4N4O. The smallest absolute Gasteiger partial charge is 0.335 e. The Balaban J connectivity index is 1.41. The molecule has 5 nitrogen and oxygen atoms in total. The van der Waals surface area contributed by atoms with Crippen LogP contribution < -0.4 is 0 Å². The van der Waals surface area contributed by atoms with Crippen LogP contribution in [-0.2, 0) is 24.3 Å². The lowest BCUT2D eigenvalue weighted by Crippen LogP contribution is -2.46. The number of amides is 1. The highest BCUT2D eigenvalue weighted by Crippen LogP contribution is 2.34. The average molecular weight is 473 g/mol. The molecule has 2 aliphatic heterocycles. The molecule has 1 fully saturated rings. The lowest BCUT2D eigenvalue weighted by atomic mass is 9.96. The van der Waals surface area contributed by atoms with E-state index < -0.39 is 17.9 Å². The maximum Gasteiger partial charge on any atom is 0.391 e. The molecule has 0 spiro atoms. The molecule has 0 aliphatic carbocycles. The molecule has 0 unspecified atom stereocenters. The zero-order valence-electron chi connectivity index (χ0n) is 17.8. The number of benzene rings is 1. The van der Waals surface area contributed by atoms with E-state index in [1.54, 1.807) is 26.6 Å². The van der Waals surface area contributed by atoms with Gasteiger partial charge >= 0.3 is 6.18 Å². The number of likely N-dealkylation sites (tertiary alicyclic amines) is 1. The van der Waals surface area contributed by atoms with Gasteiger partial charge in [-0.05, 0) is 57.0 Å². The number of piperidine rings is 1. The van der Waals surface area contributed by atoms with Gasteiger partial charge in [-0.3, -0.25) is 14.4 Å². The van der Waals surface area contributed by atoms with Gasteiger partial charge < -0.3 is 4.90 Å². The molecule has 1 aromatic carbocycles. The molecule has 0 N–H and O–H groups in total. The quantitative estimate of drug-likeness (QED) is 0.627. The maximum absolute atomic E-state index is 14.3. The number of alkyl halides is 3. The second-order valence-electron chi connectivity index (χ2n) is 8.56. The van der Waals surface area contributed by atoms with Crippen molar-refractivity contribution in [2.24, 2.45) is 5.92 Å². The summed E-state index contributed by atoms with van der Waals surface area (Å²) in [6, 6.07) is 4.51. The van der Waals surface area contributed by atoms with Gasteiger partial charge in [-0.15, -0.1) is 0 Å². The van der Waals surface area contributed by atoms with Crippen molar-refractivity contribution in [2.75, 3.05) is 26.2 Å². The predicted octanol–water partition coefficient (Wildman–Crippen LogP) is 4.19. The van der Waals surface area contributed by atoms with Gasteiger partial charge in [0, 0.05) is 17.1 Å². The van der Waals surface area contributed by atoms with E-state index in [0.717, 1.165) is 17.0 Å².